The van der Waals surface area contributed by atoms with Crippen molar-refractivity contribution in [2.75, 3.05) is 6.61 Å². The number of rotatable bonds is 10. The molecule has 33 heavy (non-hydrogen) atoms. The first-order chi connectivity index (χ1) is 15.1. The van der Waals surface area contributed by atoms with E-state index in [9.17, 15) is 4.79 Å². The van der Waals surface area contributed by atoms with Crippen molar-refractivity contribution in [2.24, 2.45) is 11.1 Å². The highest BCUT2D eigenvalue weighted by Crippen LogP contribution is 2.36. The number of aromatic nitrogens is 3. The summed E-state index contributed by atoms with van der Waals surface area (Å²) in [6.45, 7) is 17.1. The number of nitrogens with two attached hydrogens (primary N) is 1. The molecule has 1 unspecified atom stereocenters. The highest BCUT2D eigenvalue weighted by Gasteiger charge is 2.43. The molecule has 1 aromatic heterocycles. The molecule has 2 aromatic rings. The Hall–Kier alpha value is -2.10. The van der Waals surface area contributed by atoms with E-state index < -0.39 is 25.4 Å². The molecule has 0 aliphatic rings. The summed E-state index contributed by atoms with van der Waals surface area (Å²) in [5.41, 5.74) is 5.23. The fraction of sp³-hybridized carbons (Fsp3) is 0.625. The monoisotopic (exact) mass is 478 g/mol. The van der Waals surface area contributed by atoms with E-state index in [-0.39, 0.29) is 30.2 Å². The van der Waals surface area contributed by atoms with Crippen molar-refractivity contribution in [3.8, 4) is 11.4 Å². The number of hydrogen-bond acceptors (Lipinski definition) is 6. The lowest BCUT2D eigenvalue weighted by Gasteiger charge is -2.34. The maximum atomic E-state index is 15.4. The van der Waals surface area contributed by atoms with Gasteiger partial charge in [-0.05, 0) is 37.8 Å². The molecule has 0 spiro atoms. The number of carbonyl (C=O) groups is 1. The molecular formula is C24H39FN4O3Si. The standard InChI is InChI=1S/C24H39FN4O3Si/c1-17(2)32-22(30)24(26,14-23(3,4)5)19-10-9-18(13-20(19)25)21-27-15-28-29(21)16-31-11-12-33(6,7)8/h9-10,13,15,17H,11-12,14,16,26H2,1-8H3. The number of ether oxygens (including phenoxy) is 2. The predicted molar refractivity (Wildman–Crippen MR) is 131 cm³/mol. The van der Waals surface area contributed by atoms with Crippen molar-refractivity contribution in [1.29, 1.82) is 0 Å². The maximum Gasteiger partial charge on any atom is 0.331 e. The van der Waals surface area contributed by atoms with Gasteiger partial charge in [0.1, 0.15) is 24.4 Å². The van der Waals surface area contributed by atoms with Gasteiger partial charge in [0.2, 0.25) is 0 Å². The zero-order valence-corrected chi connectivity index (χ0v) is 22.2. The van der Waals surface area contributed by atoms with E-state index in [1.54, 1.807) is 30.7 Å². The Balaban J connectivity index is 2.32. The fourth-order valence-electron chi connectivity index (χ4n) is 3.56. The van der Waals surface area contributed by atoms with Gasteiger partial charge in [0.15, 0.2) is 5.82 Å². The molecule has 0 saturated carbocycles. The van der Waals surface area contributed by atoms with E-state index in [0.29, 0.717) is 18.0 Å². The Morgan fingerprint density at radius 1 is 1.24 bits per heavy atom. The van der Waals surface area contributed by atoms with Crippen molar-refractivity contribution in [1.82, 2.24) is 14.8 Å². The minimum absolute atomic E-state index is 0.101. The zero-order chi connectivity index (χ0) is 25.0. The largest absolute Gasteiger partial charge is 0.461 e. The molecule has 9 heteroatoms. The van der Waals surface area contributed by atoms with Gasteiger partial charge in [-0.25, -0.2) is 18.9 Å². The van der Waals surface area contributed by atoms with Gasteiger partial charge in [-0.1, -0.05) is 52.5 Å². The molecule has 0 aliphatic heterocycles. The van der Waals surface area contributed by atoms with Gasteiger partial charge in [-0.3, -0.25) is 0 Å². The number of carbonyl (C=O) groups excluding carboxylic acids is 1. The summed E-state index contributed by atoms with van der Waals surface area (Å²) in [7, 11) is -1.20. The van der Waals surface area contributed by atoms with Crippen LogP contribution in [-0.4, -0.2) is 41.5 Å². The van der Waals surface area contributed by atoms with E-state index in [4.69, 9.17) is 15.2 Å². The van der Waals surface area contributed by atoms with Gasteiger partial charge in [0, 0.05) is 25.8 Å². The number of esters is 1. The number of halogens is 1. The SMILES string of the molecule is CC(C)OC(=O)C(N)(CC(C)(C)C)c1ccc(-c2ncnn2COCC[Si](C)(C)C)cc1F. The van der Waals surface area contributed by atoms with Crippen molar-refractivity contribution in [3.63, 3.8) is 0 Å². The lowest BCUT2D eigenvalue weighted by molar-refractivity contribution is -0.156. The number of hydrogen-bond donors (Lipinski definition) is 1. The lowest BCUT2D eigenvalue weighted by Crippen LogP contribution is -2.49. The van der Waals surface area contributed by atoms with Gasteiger partial charge in [0.05, 0.1) is 6.10 Å². The van der Waals surface area contributed by atoms with Crippen LogP contribution in [-0.2, 0) is 26.5 Å². The quantitative estimate of drug-likeness (QED) is 0.295. The fourth-order valence-corrected chi connectivity index (χ4v) is 4.32. The molecule has 2 rings (SSSR count). The van der Waals surface area contributed by atoms with E-state index in [1.165, 1.54) is 12.4 Å². The van der Waals surface area contributed by atoms with Crippen molar-refractivity contribution in [3.05, 3.63) is 35.9 Å². The molecular weight excluding hydrogens is 439 g/mol. The summed E-state index contributed by atoms with van der Waals surface area (Å²) in [4.78, 5) is 17.2. The summed E-state index contributed by atoms with van der Waals surface area (Å²) >= 11 is 0. The Kier molecular flexibility index (Phi) is 8.59. The molecule has 0 saturated heterocycles. The Labute approximate surface area is 197 Å². The Morgan fingerprint density at radius 3 is 2.45 bits per heavy atom. The number of nitrogens with zero attached hydrogens (tertiary/aromatic N) is 3. The van der Waals surface area contributed by atoms with Crippen molar-refractivity contribution >= 4 is 14.0 Å². The van der Waals surface area contributed by atoms with Gasteiger partial charge >= 0.3 is 5.97 Å². The average Bonchev–Trinajstić information content (AvgIpc) is 3.10. The van der Waals surface area contributed by atoms with Crippen molar-refractivity contribution in [2.45, 2.75) is 85.1 Å². The van der Waals surface area contributed by atoms with Crippen LogP contribution in [0.3, 0.4) is 0 Å². The van der Waals surface area contributed by atoms with Gasteiger partial charge in [-0.2, -0.15) is 5.10 Å². The van der Waals surface area contributed by atoms with Crippen LogP contribution in [0.15, 0.2) is 24.5 Å². The van der Waals surface area contributed by atoms with Gasteiger partial charge in [-0.15, -0.1) is 0 Å². The summed E-state index contributed by atoms with van der Waals surface area (Å²) in [5.74, 6) is -0.746. The molecule has 1 heterocycles. The molecule has 1 aromatic carbocycles. The second-order valence-electron chi connectivity index (χ2n) is 11.3. The zero-order valence-electron chi connectivity index (χ0n) is 21.2. The molecule has 7 nitrogen and oxygen atoms in total. The van der Waals surface area contributed by atoms with E-state index in [0.717, 1.165) is 6.04 Å². The molecule has 2 N–H and O–H groups in total. The normalized spacial score (nSPS) is 14.4. The second-order valence-corrected chi connectivity index (χ2v) is 16.9. The van der Waals surface area contributed by atoms with Crippen LogP contribution >= 0.6 is 0 Å². The van der Waals surface area contributed by atoms with Crippen LogP contribution in [0, 0.1) is 11.2 Å². The minimum Gasteiger partial charge on any atom is -0.461 e. The molecule has 0 aliphatic carbocycles. The number of benzene rings is 1. The molecule has 0 radical (unpaired) electrons. The average molecular weight is 479 g/mol. The Morgan fingerprint density at radius 2 is 1.91 bits per heavy atom. The van der Waals surface area contributed by atoms with E-state index >= 15 is 4.39 Å². The summed E-state index contributed by atoms with van der Waals surface area (Å²) in [6, 6.07) is 5.63. The first kappa shape index (κ1) is 27.1. The van der Waals surface area contributed by atoms with Crippen LogP contribution in [0.1, 0.15) is 46.6 Å². The van der Waals surface area contributed by atoms with Crippen LogP contribution in [0.4, 0.5) is 4.39 Å². The van der Waals surface area contributed by atoms with Crippen LogP contribution in [0.2, 0.25) is 25.7 Å². The predicted octanol–water partition coefficient (Wildman–Crippen LogP) is 4.94. The molecule has 0 fully saturated rings. The van der Waals surface area contributed by atoms with Crippen LogP contribution in [0.25, 0.3) is 11.4 Å². The second kappa shape index (κ2) is 10.4. The molecule has 1 atom stereocenters. The summed E-state index contributed by atoms with van der Waals surface area (Å²) in [5, 5.41) is 4.21. The molecule has 0 bridgehead atoms. The lowest BCUT2D eigenvalue weighted by atomic mass is 9.76. The van der Waals surface area contributed by atoms with Crippen LogP contribution < -0.4 is 5.73 Å². The molecule has 184 valence electrons. The third kappa shape index (κ3) is 7.72. The smallest absolute Gasteiger partial charge is 0.331 e. The third-order valence-electron chi connectivity index (χ3n) is 5.05. The van der Waals surface area contributed by atoms with Gasteiger partial charge in [0.25, 0.3) is 0 Å². The highest BCUT2D eigenvalue weighted by atomic mass is 28.3. The highest BCUT2D eigenvalue weighted by molar-refractivity contribution is 6.76. The summed E-state index contributed by atoms with van der Waals surface area (Å²) in [6.07, 6.45) is 1.28. The first-order valence-electron chi connectivity index (χ1n) is 11.4. The Bertz CT molecular complexity index is 950. The van der Waals surface area contributed by atoms with Gasteiger partial charge < -0.3 is 15.2 Å². The molecule has 0 amide bonds. The van der Waals surface area contributed by atoms with E-state index in [1.807, 2.05) is 20.8 Å². The topological polar surface area (TPSA) is 92.3 Å². The maximum absolute atomic E-state index is 15.4. The van der Waals surface area contributed by atoms with Crippen molar-refractivity contribution < 1.29 is 18.7 Å². The minimum atomic E-state index is -1.61. The van der Waals surface area contributed by atoms with Crippen LogP contribution in [0.5, 0.6) is 0 Å². The van der Waals surface area contributed by atoms with E-state index in [2.05, 4.69) is 29.7 Å². The summed E-state index contributed by atoms with van der Waals surface area (Å²) < 4.78 is 28.2. The third-order valence-corrected chi connectivity index (χ3v) is 6.75. The first-order valence-corrected chi connectivity index (χ1v) is 15.1.